The lowest BCUT2D eigenvalue weighted by Crippen LogP contribution is -2.46. The van der Waals surface area contributed by atoms with E-state index in [-0.39, 0.29) is 18.0 Å². The fraction of sp³-hybridized carbons (Fsp3) is 0.458. The summed E-state index contributed by atoms with van der Waals surface area (Å²) in [7, 11) is 0. The number of amides is 1. The average Bonchev–Trinajstić information content (AvgIpc) is 3.21. The van der Waals surface area contributed by atoms with Gasteiger partial charge in [0.15, 0.2) is 0 Å². The molecule has 1 aliphatic carbocycles. The number of carbonyl (C=O) groups is 1. The van der Waals surface area contributed by atoms with Crippen LogP contribution in [0.1, 0.15) is 37.7 Å². The number of carbonyl (C=O) groups excluding carboxylic acids is 1. The summed E-state index contributed by atoms with van der Waals surface area (Å²) in [5, 5.41) is 2.61. The van der Waals surface area contributed by atoms with Crippen LogP contribution in [0.25, 0.3) is 21.3 Å². The quantitative estimate of drug-likeness (QED) is 0.627. The van der Waals surface area contributed by atoms with Crippen LogP contribution < -0.4 is 5.56 Å². The van der Waals surface area contributed by atoms with Gasteiger partial charge in [0.1, 0.15) is 11.4 Å². The minimum atomic E-state index is -0.127. The van der Waals surface area contributed by atoms with Gasteiger partial charge in [0.25, 0.3) is 5.56 Å². The Morgan fingerprint density at radius 1 is 1.13 bits per heavy atom. The first-order chi connectivity index (χ1) is 14.6. The van der Waals surface area contributed by atoms with Crippen molar-refractivity contribution in [1.29, 1.82) is 0 Å². The van der Waals surface area contributed by atoms with Gasteiger partial charge in [0, 0.05) is 24.0 Å². The molecular formula is C24H27N3O2S. The molecule has 3 heterocycles. The van der Waals surface area contributed by atoms with Crippen LogP contribution in [-0.4, -0.2) is 33.4 Å². The lowest BCUT2D eigenvalue weighted by molar-refractivity contribution is -0.135. The number of nitrogens with zero attached hydrogens (tertiary/aromatic N) is 3. The number of hydrogen-bond acceptors (Lipinski definition) is 4. The van der Waals surface area contributed by atoms with Gasteiger partial charge < -0.3 is 4.90 Å². The van der Waals surface area contributed by atoms with Gasteiger partial charge in [-0.05, 0) is 37.2 Å². The summed E-state index contributed by atoms with van der Waals surface area (Å²) in [6.07, 6.45) is 7.79. The van der Waals surface area contributed by atoms with Crippen molar-refractivity contribution < 1.29 is 4.79 Å². The summed E-state index contributed by atoms with van der Waals surface area (Å²) in [5.74, 6) is 1.46. The molecule has 156 valence electrons. The summed E-state index contributed by atoms with van der Waals surface area (Å²) < 4.78 is 1.49. The van der Waals surface area contributed by atoms with Crippen molar-refractivity contribution in [2.24, 2.45) is 11.8 Å². The van der Waals surface area contributed by atoms with E-state index >= 15 is 0 Å². The lowest BCUT2D eigenvalue weighted by atomic mass is 9.75. The number of likely N-dealkylation sites (tertiary alicyclic amines) is 1. The van der Waals surface area contributed by atoms with Crippen molar-refractivity contribution in [3.05, 3.63) is 51.9 Å². The number of benzene rings is 1. The van der Waals surface area contributed by atoms with E-state index in [0.717, 1.165) is 41.4 Å². The molecule has 2 aromatic heterocycles. The topological polar surface area (TPSA) is 55.2 Å². The molecule has 0 bridgehead atoms. The fourth-order valence-electron chi connectivity index (χ4n) is 5.10. The third kappa shape index (κ3) is 3.58. The molecule has 6 heteroatoms. The Morgan fingerprint density at radius 3 is 2.70 bits per heavy atom. The molecule has 2 fully saturated rings. The molecule has 5 nitrogen and oxygen atoms in total. The largest absolute Gasteiger partial charge is 0.341 e. The second-order valence-corrected chi connectivity index (χ2v) is 9.66. The minimum absolute atomic E-state index is 0.0365. The van der Waals surface area contributed by atoms with E-state index in [1.165, 1.54) is 53.5 Å². The summed E-state index contributed by atoms with van der Waals surface area (Å²) >= 11 is 1.48. The molecule has 1 amide bonds. The molecule has 0 unspecified atom stereocenters. The Balaban J connectivity index is 1.40. The number of piperidine rings is 1. The zero-order chi connectivity index (χ0) is 20.7. The van der Waals surface area contributed by atoms with E-state index in [2.05, 4.69) is 4.98 Å². The van der Waals surface area contributed by atoms with Crippen LogP contribution in [0.3, 0.4) is 0 Å². The first-order valence-corrected chi connectivity index (χ1v) is 11.8. The van der Waals surface area contributed by atoms with Gasteiger partial charge in [-0.2, -0.15) is 0 Å². The van der Waals surface area contributed by atoms with E-state index in [0.29, 0.717) is 11.3 Å². The molecule has 0 spiro atoms. The second-order valence-electron chi connectivity index (χ2n) is 8.81. The van der Waals surface area contributed by atoms with Crippen molar-refractivity contribution in [2.45, 2.75) is 45.6 Å². The number of rotatable bonds is 3. The van der Waals surface area contributed by atoms with Crippen LogP contribution in [0.15, 0.2) is 40.8 Å². The number of thiophene rings is 1. The van der Waals surface area contributed by atoms with E-state index in [1.807, 2.05) is 41.5 Å². The van der Waals surface area contributed by atoms with Gasteiger partial charge in [-0.3, -0.25) is 14.2 Å². The Morgan fingerprint density at radius 2 is 1.90 bits per heavy atom. The number of fused-ring (bicyclic) bond motifs is 2. The smallest absolute Gasteiger partial charge is 0.263 e. The first kappa shape index (κ1) is 19.5. The van der Waals surface area contributed by atoms with Crippen LogP contribution >= 0.6 is 11.3 Å². The molecular weight excluding hydrogens is 394 g/mol. The monoisotopic (exact) mass is 421 g/mol. The normalized spacial score (nSPS) is 21.6. The molecule has 2 atom stereocenters. The van der Waals surface area contributed by atoms with Crippen LogP contribution in [0.4, 0.5) is 0 Å². The maximum absolute atomic E-state index is 13.3. The highest BCUT2D eigenvalue weighted by atomic mass is 32.1. The molecule has 1 aliphatic heterocycles. The van der Waals surface area contributed by atoms with E-state index in [1.54, 1.807) is 0 Å². The van der Waals surface area contributed by atoms with Crippen LogP contribution in [0.5, 0.6) is 0 Å². The highest BCUT2D eigenvalue weighted by molar-refractivity contribution is 7.17. The van der Waals surface area contributed by atoms with Crippen LogP contribution in [0.2, 0.25) is 0 Å². The van der Waals surface area contributed by atoms with E-state index in [4.69, 9.17) is 0 Å². The van der Waals surface area contributed by atoms with E-state index < -0.39 is 0 Å². The lowest BCUT2D eigenvalue weighted by Gasteiger charge is -2.41. The van der Waals surface area contributed by atoms with Crippen molar-refractivity contribution >= 4 is 27.5 Å². The van der Waals surface area contributed by atoms with Crippen molar-refractivity contribution in [2.75, 3.05) is 13.1 Å². The standard InChI is InChI=1S/C24H27N3O2S/c1-16-6-8-18(9-7-16)20-14-30-23-22(20)24(29)27(15-25-23)13-21(28)26-11-10-17-4-2-3-5-19(17)12-26/h6-9,14-15,17,19H,2-5,10-13H2,1H3/t17-,19-/m0/s1. The molecule has 3 aromatic rings. The second kappa shape index (κ2) is 7.99. The number of aromatic nitrogens is 2. The molecule has 0 radical (unpaired) electrons. The van der Waals surface area contributed by atoms with Crippen LogP contribution in [0, 0.1) is 18.8 Å². The van der Waals surface area contributed by atoms with Gasteiger partial charge in [0.2, 0.25) is 5.91 Å². The third-order valence-electron chi connectivity index (χ3n) is 6.87. The summed E-state index contributed by atoms with van der Waals surface area (Å²) in [5.41, 5.74) is 2.96. The maximum Gasteiger partial charge on any atom is 0.263 e. The fourth-order valence-corrected chi connectivity index (χ4v) is 6.01. The Labute approximate surface area is 180 Å². The van der Waals surface area contributed by atoms with Gasteiger partial charge in [-0.25, -0.2) is 4.98 Å². The number of hydrogen-bond donors (Lipinski definition) is 0. The molecule has 0 N–H and O–H groups in total. The van der Waals surface area contributed by atoms with Gasteiger partial charge in [-0.15, -0.1) is 11.3 Å². The Hall–Kier alpha value is -2.47. The minimum Gasteiger partial charge on any atom is -0.341 e. The molecule has 2 aliphatic rings. The molecule has 1 saturated heterocycles. The van der Waals surface area contributed by atoms with Gasteiger partial charge in [0.05, 0.1) is 11.7 Å². The molecule has 1 saturated carbocycles. The zero-order valence-electron chi connectivity index (χ0n) is 17.3. The predicted octanol–water partition coefficient (Wildman–Crippen LogP) is 4.47. The zero-order valence-corrected chi connectivity index (χ0v) is 18.2. The van der Waals surface area contributed by atoms with Crippen LogP contribution in [-0.2, 0) is 11.3 Å². The summed E-state index contributed by atoms with van der Waals surface area (Å²) in [6, 6.07) is 8.17. The summed E-state index contributed by atoms with van der Waals surface area (Å²) in [6.45, 7) is 3.78. The Kier molecular flexibility index (Phi) is 5.19. The van der Waals surface area contributed by atoms with Crippen molar-refractivity contribution in [1.82, 2.24) is 14.5 Å². The molecule has 5 rings (SSSR count). The maximum atomic E-state index is 13.3. The predicted molar refractivity (Wildman–Crippen MR) is 121 cm³/mol. The molecule has 30 heavy (non-hydrogen) atoms. The third-order valence-corrected chi connectivity index (χ3v) is 7.76. The Bertz CT molecular complexity index is 1130. The van der Waals surface area contributed by atoms with Gasteiger partial charge >= 0.3 is 0 Å². The van der Waals surface area contributed by atoms with Crippen molar-refractivity contribution in [3.8, 4) is 11.1 Å². The van der Waals surface area contributed by atoms with Crippen molar-refractivity contribution in [3.63, 3.8) is 0 Å². The number of aryl methyl sites for hydroxylation is 1. The van der Waals surface area contributed by atoms with E-state index in [9.17, 15) is 9.59 Å². The highest BCUT2D eigenvalue weighted by Gasteiger charge is 2.33. The highest BCUT2D eigenvalue weighted by Crippen LogP contribution is 2.36. The molecule has 1 aromatic carbocycles. The SMILES string of the molecule is Cc1ccc(-c2csc3ncn(CC(=O)N4CC[C@@H]5CCCC[C@H]5C4)c(=O)c23)cc1. The summed E-state index contributed by atoms with van der Waals surface area (Å²) in [4.78, 5) is 33.4. The average molecular weight is 422 g/mol. The van der Waals surface area contributed by atoms with Gasteiger partial charge in [-0.1, -0.05) is 49.1 Å². The first-order valence-electron chi connectivity index (χ1n) is 10.9.